The third kappa shape index (κ3) is 5.40. The van der Waals surface area contributed by atoms with Gasteiger partial charge in [-0.1, -0.05) is 66.7 Å². The molecule has 0 fully saturated rings. The Balaban J connectivity index is 1.81. The maximum Gasteiger partial charge on any atom is 0.251 e. The van der Waals surface area contributed by atoms with Crippen LogP contribution < -0.4 is 5.32 Å². The van der Waals surface area contributed by atoms with E-state index in [0.717, 1.165) is 11.1 Å². The van der Waals surface area contributed by atoms with Crippen LogP contribution in [0.3, 0.4) is 0 Å². The van der Waals surface area contributed by atoms with Gasteiger partial charge >= 0.3 is 0 Å². The van der Waals surface area contributed by atoms with E-state index in [2.05, 4.69) is 5.32 Å². The Morgan fingerprint density at radius 3 is 1.94 bits per heavy atom. The molecule has 0 aliphatic carbocycles. The van der Waals surface area contributed by atoms with Crippen molar-refractivity contribution in [2.75, 3.05) is 13.6 Å². The lowest BCUT2D eigenvalue weighted by Crippen LogP contribution is -2.33. The Labute approximate surface area is 184 Å². The predicted molar refractivity (Wildman–Crippen MR) is 124 cm³/mol. The van der Waals surface area contributed by atoms with Gasteiger partial charge in [0.2, 0.25) is 10.0 Å². The summed E-state index contributed by atoms with van der Waals surface area (Å²) in [6.07, 6.45) is 0. The van der Waals surface area contributed by atoms with Crippen molar-refractivity contribution in [1.82, 2.24) is 9.62 Å². The van der Waals surface area contributed by atoms with E-state index >= 15 is 0 Å². The number of nitrogens with zero attached hydrogens (tertiary/aromatic N) is 1. The molecule has 0 aromatic heterocycles. The van der Waals surface area contributed by atoms with Crippen molar-refractivity contribution in [2.45, 2.75) is 30.7 Å². The summed E-state index contributed by atoms with van der Waals surface area (Å²) in [5.74, 6) is -0.313. The highest BCUT2D eigenvalue weighted by Gasteiger charge is 2.24. The molecule has 5 nitrogen and oxygen atoms in total. The Bertz CT molecular complexity index is 1070. The average Bonchev–Trinajstić information content (AvgIpc) is 2.80. The Morgan fingerprint density at radius 1 is 0.871 bits per heavy atom. The topological polar surface area (TPSA) is 66.5 Å². The smallest absolute Gasteiger partial charge is 0.251 e. The Kier molecular flexibility index (Phi) is 7.25. The van der Waals surface area contributed by atoms with Gasteiger partial charge in [0.25, 0.3) is 5.91 Å². The molecule has 3 aromatic rings. The molecule has 0 spiro atoms. The van der Waals surface area contributed by atoms with Crippen LogP contribution in [0.4, 0.5) is 0 Å². The average molecular weight is 437 g/mol. The molecule has 3 rings (SSSR count). The van der Waals surface area contributed by atoms with Gasteiger partial charge in [-0.05, 0) is 43.2 Å². The number of sulfonamides is 1. The molecule has 162 valence electrons. The van der Waals surface area contributed by atoms with E-state index in [-0.39, 0.29) is 22.8 Å². The zero-order valence-electron chi connectivity index (χ0n) is 18.0. The summed E-state index contributed by atoms with van der Waals surface area (Å²) in [4.78, 5) is 13.0. The van der Waals surface area contributed by atoms with Crippen LogP contribution in [0, 0.1) is 0 Å². The number of rotatable bonds is 8. The molecule has 1 amide bonds. The molecule has 0 saturated carbocycles. The maximum atomic E-state index is 12.9. The molecule has 31 heavy (non-hydrogen) atoms. The second-order valence-corrected chi connectivity index (χ2v) is 9.72. The molecule has 3 aromatic carbocycles. The van der Waals surface area contributed by atoms with Crippen molar-refractivity contribution in [3.63, 3.8) is 0 Å². The largest absolute Gasteiger partial charge is 0.351 e. The van der Waals surface area contributed by atoms with Crippen molar-refractivity contribution in [3.8, 4) is 0 Å². The van der Waals surface area contributed by atoms with Crippen LogP contribution in [-0.4, -0.2) is 38.3 Å². The normalized spacial score (nSPS) is 11.8. The third-order valence-corrected chi connectivity index (χ3v) is 7.40. The molecule has 0 aliphatic rings. The molecule has 0 radical (unpaired) electrons. The summed E-state index contributed by atoms with van der Waals surface area (Å²) in [5.41, 5.74) is 2.52. The first-order valence-corrected chi connectivity index (χ1v) is 11.7. The van der Waals surface area contributed by atoms with Crippen molar-refractivity contribution in [1.29, 1.82) is 0 Å². The fourth-order valence-electron chi connectivity index (χ4n) is 3.34. The third-order valence-electron chi connectivity index (χ3n) is 5.37. The second-order valence-electron chi connectivity index (χ2n) is 7.73. The van der Waals surface area contributed by atoms with Crippen molar-refractivity contribution in [2.24, 2.45) is 0 Å². The van der Waals surface area contributed by atoms with Gasteiger partial charge in [-0.3, -0.25) is 4.79 Å². The summed E-state index contributed by atoms with van der Waals surface area (Å²) >= 11 is 0. The number of hydrogen-bond donors (Lipinski definition) is 1. The van der Waals surface area contributed by atoms with E-state index in [1.54, 1.807) is 26.0 Å². The molecular weight excluding hydrogens is 408 g/mol. The minimum Gasteiger partial charge on any atom is -0.351 e. The van der Waals surface area contributed by atoms with Crippen LogP contribution in [0.1, 0.15) is 41.3 Å². The molecule has 0 heterocycles. The molecule has 0 saturated heterocycles. The first-order valence-electron chi connectivity index (χ1n) is 10.3. The first-order chi connectivity index (χ1) is 14.8. The lowest BCUT2D eigenvalue weighted by Gasteiger charge is -2.21. The Morgan fingerprint density at radius 2 is 1.42 bits per heavy atom. The number of hydrogen-bond acceptors (Lipinski definition) is 3. The molecule has 0 atom stereocenters. The zero-order valence-corrected chi connectivity index (χ0v) is 18.8. The minimum absolute atomic E-state index is 0.00894. The fraction of sp³-hybridized carbons (Fsp3) is 0.240. The Hall–Kier alpha value is -2.96. The van der Waals surface area contributed by atoms with Crippen molar-refractivity contribution >= 4 is 15.9 Å². The highest BCUT2D eigenvalue weighted by Crippen LogP contribution is 2.24. The van der Waals surface area contributed by atoms with Crippen LogP contribution in [0.15, 0.2) is 89.8 Å². The molecule has 1 N–H and O–H groups in total. The SMILES string of the molecule is CC(C)N(C)S(=O)(=O)c1cccc(C(=O)NCC(c2ccccc2)c2ccccc2)c1. The molecular formula is C25H28N2O3S. The van der Waals surface area contributed by atoms with Crippen LogP contribution >= 0.6 is 0 Å². The van der Waals surface area contributed by atoms with Crippen LogP contribution in [0.2, 0.25) is 0 Å². The minimum atomic E-state index is -3.66. The van der Waals surface area contributed by atoms with E-state index in [1.807, 2.05) is 60.7 Å². The van der Waals surface area contributed by atoms with E-state index in [1.165, 1.54) is 23.5 Å². The molecule has 6 heteroatoms. The summed E-state index contributed by atoms with van der Waals surface area (Å²) < 4.78 is 26.9. The lowest BCUT2D eigenvalue weighted by molar-refractivity contribution is 0.0952. The highest BCUT2D eigenvalue weighted by molar-refractivity contribution is 7.89. The number of carbonyl (C=O) groups is 1. The van der Waals surface area contributed by atoms with Crippen molar-refractivity contribution < 1.29 is 13.2 Å². The van der Waals surface area contributed by atoms with Crippen LogP contribution in [0.5, 0.6) is 0 Å². The van der Waals surface area contributed by atoms with Gasteiger partial charge < -0.3 is 5.32 Å². The number of carbonyl (C=O) groups excluding carboxylic acids is 1. The van der Waals surface area contributed by atoms with Gasteiger partial charge in [-0.15, -0.1) is 0 Å². The van der Waals surface area contributed by atoms with E-state index in [4.69, 9.17) is 0 Å². The zero-order chi connectivity index (χ0) is 22.4. The monoisotopic (exact) mass is 436 g/mol. The standard InChI is InChI=1S/C25H28N2O3S/c1-19(2)27(3)31(29,30)23-16-10-15-22(17-23)25(28)26-18-24(20-11-6-4-7-12-20)21-13-8-5-9-14-21/h4-17,19,24H,18H2,1-3H3,(H,26,28). The summed E-state index contributed by atoms with van der Waals surface area (Å²) in [5, 5.41) is 2.98. The maximum absolute atomic E-state index is 12.9. The molecule has 0 aliphatic heterocycles. The van der Waals surface area contributed by atoms with Crippen molar-refractivity contribution in [3.05, 3.63) is 102 Å². The number of benzene rings is 3. The van der Waals surface area contributed by atoms with Gasteiger partial charge in [0.15, 0.2) is 0 Å². The fourth-order valence-corrected chi connectivity index (χ4v) is 4.75. The van der Waals surface area contributed by atoms with Gasteiger partial charge in [-0.2, -0.15) is 4.31 Å². The quantitative estimate of drug-likeness (QED) is 0.573. The van der Waals surface area contributed by atoms with E-state index in [9.17, 15) is 13.2 Å². The van der Waals surface area contributed by atoms with E-state index < -0.39 is 10.0 Å². The predicted octanol–water partition coefficient (Wildman–Crippen LogP) is 4.28. The van der Waals surface area contributed by atoms with Gasteiger partial charge in [0, 0.05) is 31.1 Å². The summed E-state index contributed by atoms with van der Waals surface area (Å²) in [7, 11) is -2.12. The van der Waals surface area contributed by atoms with E-state index in [0.29, 0.717) is 12.1 Å². The number of amides is 1. The number of nitrogens with one attached hydrogen (secondary N) is 1. The molecule has 0 bridgehead atoms. The van der Waals surface area contributed by atoms with Gasteiger partial charge in [0.05, 0.1) is 4.90 Å². The second kappa shape index (κ2) is 9.90. The van der Waals surface area contributed by atoms with Crippen LogP contribution in [-0.2, 0) is 10.0 Å². The first kappa shape index (κ1) is 22.7. The summed E-state index contributed by atoms with van der Waals surface area (Å²) in [6, 6.07) is 26.0. The van der Waals surface area contributed by atoms with Gasteiger partial charge in [0.1, 0.15) is 0 Å². The van der Waals surface area contributed by atoms with Crippen LogP contribution in [0.25, 0.3) is 0 Å². The summed E-state index contributed by atoms with van der Waals surface area (Å²) in [6.45, 7) is 4.01. The lowest BCUT2D eigenvalue weighted by atomic mass is 9.91. The molecule has 0 unspecified atom stereocenters. The van der Waals surface area contributed by atoms with Gasteiger partial charge in [-0.25, -0.2) is 8.42 Å². The highest BCUT2D eigenvalue weighted by atomic mass is 32.2.